The van der Waals surface area contributed by atoms with Gasteiger partial charge in [-0.05, 0) is 36.3 Å². The highest BCUT2D eigenvalue weighted by atomic mass is 32.1. The second-order valence-corrected chi connectivity index (χ2v) is 6.01. The lowest BCUT2D eigenvalue weighted by Crippen LogP contribution is -2.43. The molecule has 1 aliphatic rings. The molecule has 3 nitrogen and oxygen atoms in total. The van der Waals surface area contributed by atoms with Crippen molar-refractivity contribution in [3.63, 3.8) is 0 Å². The SMILES string of the molecule is CCc1ccsc1C(=O)N1CCCC(C(N)=S)C1. The van der Waals surface area contributed by atoms with E-state index in [0.717, 1.165) is 36.2 Å². The van der Waals surface area contributed by atoms with Crippen molar-refractivity contribution in [1.29, 1.82) is 0 Å². The maximum atomic E-state index is 12.5. The van der Waals surface area contributed by atoms with E-state index in [9.17, 15) is 4.79 Å². The van der Waals surface area contributed by atoms with Crippen LogP contribution < -0.4 is 5.73 Å². The minimum Gasteiger partial charge on any atom is -0.393 e. The highest BCUT2D eigenvalue weighted by Gasteiger charge is 2.27. The number of rotatable bonds is 3. The van der Waals surface area contributed by atoms with Crippen LogP contribution >= 0.6 is 23.6 Å². The van der Waals surface area contributed by atoms with Gasteiger partial charge in [0.15, 0.2) is 0 Å². The number of piperidine rings is 1. The lowest BCUT2D eigenvalue weighted by molar-refractivity contribution is 0.0707. The number of hydrogen-bond donors (Lipinski definition) is 1. The molecule has 1 amide bonds. The van der Waals surface area contributed by atoms with Crippen molar-refractivity contribution < 1.29 is 4.79 Å². The summed E-state index contributed by atoms with van der Waals surface area (Å²) in [4.78, 5) is 15.8. The van der Waals surface area contributed by atoms with Crippen LogP contribution in [0.5, 0.6) is 0 Å². The molecule has 0 bridgehead atoms. The van der Waals surface area contributed by atoms with E-state index in [4.69, 9.17) is 18.0 Å². The number of thiophene rings is 1. The van der Waals surface area contributed by atoms with E-state index < -0.39 is 0 Å². The fourth-order valence-electron chi connectivity index (χ4n) is 2.34. The average molecular weight is 282 g/mol. The number of nitrogens with zero attached hydrogens (tertiary/aromatic N) is 1. The molecule has 0 saturated carbocycles. The number of aryl methyl sites for hydroxylation is 1. The molecule has 1 fully saturated rings. The molecule has 0 aliphatic carbocycles. The van der Waals surface area contributed by atoms with Gasteiger partial charge in [-0.25, -0.2) is 0 Å². The molecule has 1 aromatic rings. The van der Waals surface area contributed by atoms with Gasteiger partial charge in [-0.3, -0.25) is 4.79 Å². The molecule has 0 spiro atoms. The van der Waals surface area contributed by atoms with Crippen molar-refractivity contribution in [2.45, 2.75) is 26.2 Å². The molecule has 5 heteroatoms. The lowest BCUT2D eigenvalue weighted by Gasteiger charge is -2.32. The molecule has 1 atom stereocenters. The first kappa shape index (κ1) is 13.5. The van der Waals surface area contributed by atoms with Gasteiger partial charge in [0.25, 0.3) is 5.91 Å². The molecule has 98 valence electrons. The summed E-state index contributed by atoms with van der Waals surface area (Å²) in [6.45, 7) is 3.57. The van der Waals surface area contributed by atoms with Crippen LogP contribution in [0, 0.1) is 5.92 Å². The Morgan fingerprint density at radius 3 is 3.11 bits per heavy atom. The largest absolute Gasteiger partial charge is 0.393 e. The Morgan fingerprint density at radius 1 is 1.67 bits per heavy atom. The van der Waals surface area contributed by atoms with E-state index in [0.29, 0.717) is 11.5 Å². The van der Waals surface area contributed by atoms with Crippen LogP contribution in [0.1, 0.15) is 35.0 Å². The van der Waals surface area contributed by atoms with Crippen molar-refractivity contribution in [3.8, 4) is 0 Å². The van der Waals surface area contributed by atoms with Gasteiger partial charge in [0, 0.05) is 19.0 Å². The van der Waals surface area contributed by atoms with Gasteiger partial charge in [-0.1, -0.05) is 19.1 Å². The van der Waals surface area contributed by atoms with Gasteiger partial charge in [0.2, 0.25) is 0 Å². The zero-order valence-electron chi connectivity index (χ0n) is 10.5. The lowest BCUT2D eigenvalue weighted by atomic mass is 9.98. The van der Waals surface area contributed by atoms with Crippen LogP contribution in [0.15, 0.2) is 11.4 Å². The van der Waals surface area contributed by atoms with Crippen LogP contribution in [0.2, 0.25) is 0 Å². The van der Waals surface area contributed by atoms with Crippen molar-refractivity contribution in [2.24, 2.45) is 11.7 Å². The average Bonchev–Trinajstić information content (AvgIpc) is 2.86. The Labute approximate surface area is 117 Å². The second-order valence-electron chi connectivity index (χ2n) is 4.62. The number of carbonyl (C=O) groups excluding carboxylic acids is 1. The fourth-order valence-corrected chi connectivity index (χ4v) is 3.49. The Kier molecular flexibility index (Phi) is 4.35. The first-order chi connectivity index (χ1) is 8.63. The number of likely N-dealkylation sites (tertiary alicyclic amines) is 1. The highest BCUT2D eigenvalue weighted by Crippen LogP contribution is 2.23. The molecule has 2 heterocycles. The highest BCUT2D eigenvalue weighted by molar-refractivity contribution is 7.80. The Balaban J connectivity index is 2.11. The van der Waals surface area contributed by atoms with Gasteiger partial charge in [-0.15, -0.1) is 11.3 Å². The third-order valence-corrected chi connectivity index (χ3v) is 4.71. The summed E-state index contributed by atoms with van der Waals surface area (Å²) in [7, 11) is 0. The minimum absolute atomic E-state index is 0.141. The Hall–Kier alpha value is -0.940. The van der Waals surface area contributed by atoms with E-state index in [-0.39, 0.29) is 11.8 Å². The van der Waals surface area contributed by atoms with E-state index in [1.54, 1.807) is 0 Å². The smallest absolute Gasteiger partial charge is 0.264 e. The van der Waals surface area contributed by atoms with Crippen LogP contribution in [0.4, 0.5) is 0 Å². The zero-order chi connectivity index (χ0) is 13.1. The predicted octanol–water partition coefficient (Wildman–Crippen LogP) is 2.45. The second kappa shape index (κ2) is 5.80. The number of amides is 1. The molecule has 1 saturated heterocycles. The van der Waals surface area contributed by atoms with Gasteiger partial charge >= 0.3 is 0 Å². The molecule has 1 unspecified atom stereocenters. The summed E-state index contributed by atoms with van der Waals surface area (Å²) in [5.74, 6) is 0.325. The van der Waals surface area contributed by atoms with Crippen LogP contribution in [0.3, 0.4) is 0 Å². The van der Waals surface area contributed by atoms with Gasteiger partial charge in [0.05, 0.1) is 9.87 Å². The molecule has 2 N–H and O–H groups in total. The predicted molar refractivity (Wildman–Crippen MR) is 79.1 cm³/mol. The van der Waals surface area contributed by atoms with Crippen LogP contribution in [0.25, 0.3) is 0 Å². The quantitative estimate of drug-likeness (QED) is 0.866. The van der Waals surface area contributed by atoms with Crippen LogP contribution in [-0.2, 0) is 6.42 Å². The maximum Gasteiger partial charge on any atom is 0.264 e. The number of carbonyl (C=O) groups is 1. The van der Waals surface area contributed by atoms with E-state index >= 15 is 0 Å². The summed E-state index contributed by atoms with van der Waals surface area (Å²) < 4.78 is 0. The van der Waals surface area contributed by atoms with Crippen molar-refractivity contribution in [3.05, 3.63) is 21.9 Å². The third kappa shape index (κ3) is 2.72. The molecule has 1 aromatic heterocycles. The van der Waals surface area contributed by atoms with E-state index in [1.165, 1.54) is 11.3 Å². The third-order valence-electron chi connectivity index (χ3n) is 3.43. The fraction of sp³-hybridized carbons (Fsp3) is 0.538. The standard InChI is InChI=1S/C13H18N2OS2/c1-2-9-5-7-18-11(9)13(16)15-6-3-4-10(8-15)12(14)17/h5,7,10H,2-4,6,8H2,1H3,(H2,14,17). The van der Waals surface area contributed by atoms with Gasteiger partial charge in [-0.2, -0.15) is 0 Å². The molecule has 2 rings (SSSR count). The van der Waals surface area contributed by atoms with E-state index in [2.05, 4.69) is 6.92 Å². The summed E-state index contributed by atoms with van der Waals surface area (Å²) in [5, 5.41) is 1.99. The Bertz CT molecular complexity index is 456. The number of hydrogen-bond acceptors (Lipinski definition) is 3. The summed E-state index contributed by atoms with van der Waals surface area (Å²) in [5.41, 5.74) is 6.84. The van der Waals surface area contributed by atoms with Gasteiger partial charge in [0.1, 0.15) is 0 Å². The summed E-state index contributed by atoms with van der Waals surface area (Å²) >= 11 is 6.58. The maximum absolute atomic E-state index is 12.5. The van der Waals surface area contributed by atoms with Crippen molar-refractivity contribution >= 4 is 34.5 Å². The summed E-state index contributed by atoms with van der Waals surface area (Å²) in [6.07, 6.45) is 2.89. The zero-order valence-corrected chi connectivity index (χ0v) is 12.1. The molecule has 1 aliphatic heterocycles. The topological polar surface area (TPSA) is 46.3 Å². The van der Waals surface area contributed by atoms with Crippen molar-refractivity contribution in [1.82, 2.24) is 4.90 Å². The number of thiocarbonyl (C=S) groups is 1. The van der Waals surface area contributed by atoms with E-state index in [1.807, 2.05) is 16.3 Å². The minimum atomic E-state index is 0.141. The molecule has 0 radical (unpaired) electrons. The molecule has 0 aromatic carbocycles. The monoisotopic (exact) mass is 282 g/mol. The van der Waals surface area contributed by atoms with Gasteiger partial charge < -0.3 is 10.6 Å². The number of nitrogens with two attached hydrogens (primary N) is 1. The van der Waals surface area contributed by atoms with Crippen LogP contribution in [-0.4, -0.2) is 28.9 Å². The van der Waals surface area contributed by atoms with Crippen molar-refractivity contribution in [2.75, 3.05) is 13.1 Å². The first-order valence-corrected chi connectivity index (χ1v) is 7.57. The Morgan fingerprint density at radius 2 is 2.44 bits per heavy atom. The first-order valence-electron chi connectivity index (χ1n) is 6.28. The summed E-state index contributed by atoms with van der Waals surface area (Å²) in [6, 6.07) is 2.03. The normalized spacial score (nSPS) is 19.8. The molecular weight excluding hydrogens is 264 g/mol. The molecular formula is C13H18N2OS2. The molecule has 18 heavy (non-hydrogen) atoms.